The van der Waals surface area contributed by atoms with E-state index >= 15 is 0 Å². The number of nitrogens with zero attached hydrogens (tertiary/aromatic N) is 4. The number of hydrogen-bond acceptors (Lipinski definition) is 7. The highest BCUT2D eigenvalue weighted by molar-refractivity contribution is 6.08. The Kier molecular flexibility index (Phi) is 12.6. The molecule has 1 aromatic heterocycles. The third-order valence-electron chi connectivity index (χ3n) is 8.62. The smallest absolute Gasteiger partial charge is 0.416 e. The molecule has 53 heavy (non-hydrogen) atoms. The van der Waals surface area contributed by atoms with Crippen LogP contribution in [-0.2, 0) is 23.9 Å². The molecule has 4 aromatic rings. The predicted molar refractivity (Wildman–Crippen MR) is 187 cm³/mol. The van der Waals surface area contributed by atoms with E-state index in [9.17, 15) is 35.9 Å². The molecule has 3 aromatic carbocycles. The number of halogens is 6. The lowest BCUT2D eigenvalue weighted by Gasteiger charge is -2.31. The minimum absolute atomic E-state index is 0.0455. The number of carbonyl (C=O) groups is 2. The van der Waals surface area contributed by atoms with Crippen LogP contribution >= 0.6 is 0 Å². The van der Waals surface area contributed by atoms with Crippen molar-refractivity contribution >= 4 is 23.2 Å². The summed E-state index contributed by atoms with van der Waals surface area (Å²) in [6.07, 6.45) is -8.72. The van der Waals surface area contributed by atoms with Crippen molar-refractivity contribution in [2.45, 2.75) is 58.4 Å². The predicted octanol–water partition coefficient (Wildman–Crippen LogP) is 8.34. The van der Waals surface area contributed by atoms with E-state index in [4.69, 9.17) is 9.47 Å². The third-order valence-corrected chi connectivity index (χ3v) is 8.62. The average Bonchev–Trinajstić information content (AvgIpc) is 3.12. The molecule has 15 heteroatoms. The van der Waals surface area contributed by atoms with Crippen LogP contribution in [0, 0.1) is 0 Å². The number of benzene rings is 3. The number of ether oxygens (including phenoxy) is 2. The molecule has 1 N–H and O–H groups in total. The van der Waals surface area contributed by atoms with Crippen molar-refractivity contribution in [3.05, 3.63) is 95.3 Å². The molecule has 0 radical (unpaired) electrons. The van der Waals surface area contributed by atoms with Gasteiger partial charge < -0.3 is 19.7 Å². The summed E-state index contributed by atoms with van der Waals surface area (Å²) < 4.78 is 89.7. The van der Waals surface area contributed by atoms with Crippen molar-refractivity contribution < 1.29 is 45.4 Å². The number of anilines is 2. The first kappa shape index (κ1) is 39.0. The average molecular weight is 744 g/mol. The first-order valence-electron chi connectivity index (χ1n) is 17.2. The maximum Gasteiger partial charge on any atom is 0.416 e. The largest absolute Gasteiger partial charge is 0.476 e. The number of aromatic nitrogens is 2. The van der Waals surface area contributed by atoms with Gasteiger partial charge in [0.15, 0.2) is 5.69 Å². The highest BCUT2D eigenvalue weighted by atomic mass is 19.4. The van der Waals surface area contributed by atoms with Gasteiger partial charge in [0.05, 0.1) is 25.2 Å². The maximum absolute atomic E-state index is 13.4. The summed E-state index contributed by atoms with van der Waals surface area (Å²) in [7, 11) is 0. The second-order valence-electron chi connectivity index (χ2n) is 12.3. The molecule has 0 aliphatic carbocycles. The van der Waals surface area contributed by atoms with Crippen LogP contribution in [0.1, 0.15) is 60.2 Å². The number of nitrogens with one attached hydrogen (secondary N) is 1. The molecule has 5 rings (SSSR count). The number of rotatable bonds is 14. The molecule has 0 saturated heterocycles. The van der Waals surface area contributed by atoms with Crippen LogP contribution in [-0.4, -0.2) is 65.7 Å². The van der Waals surface area contributed by atoms with Crippen LogP contribution in [0.5, 0.6) is 11.8 Å². The lowest BCUT2D eigenvalue weighted by molar-refractivity contribution is -0.143. The second kappa shape index (κ2) is 17.1. The van der Waals surface area contributed by atoms with Gasteiger partial charge in [-0.15, -0.1) is 0 Å². The molecule has 0 atom stereocenters. The quantitative estimate of drug-likeness (QED) is 0.130. The summed E-state index contributed by atoms with van der Waals surface area (Å²) in [5.74, 6) is -1.07. The Morgan fingerprint density at radius 3 is 2.21 bits per heavy atom. The summed E-state index contributed by atoms with van der Waals surface area (Å²) in [5.41, 5.74) is 3.24. The first-order valence-corrected chi connectivity index (χ1v) is 17.2. The van der Waals surface area contributed by atoms with Gasteiger partial charge in [-0.05, 0) is 79.3 Å². The summed E-state index contributed by atoms with van der Waals surface area (Å²) in [6, 6.07) is 16.9. The number of fused-ring (bicyclic) bond motifs is 1. The van der Waals surface area contributed by atoms with Gasteiger partial charge in [-0.1, -0.05) is 36.4 Å². The summed E-state index contributed by atoms with van der Waals surface area (Å²) in [5, 5.41) is 2.91. The zero-order valence-electron chi connectivity index (χ0n) is 29.2. The topological polar surface area (TPSA) is 96.9 Å². The fourth-order valence-electron chi connectivity index (χ4n) is 6.11. The van der Waals surface area contributed by atoms with Crippen molar-refractivity contribution in [3.8, 4) is 22.9 Å². The summed E-state index contributed by atoms with van der Waals surface area (Å²) in [4.78, 5) is 38.3. The Morgan fingerprint density at radius 2 is 1.57 bits per heavy atom. The van der Waals surface area contributed by atoms with Crippen LogP contribution in [0.25, 0.3) is 11.1 Å². The monoisotopic (exact) mass is 743 g/mol. The number of amides is 2. The molecule has 0 spiro atoms. The van der Waals surface area contributed by atoms with Crippen molar-refractivity contribution in [3.63, 3.8) is 0 Å². The fraction of sp³-hybridized carbons (Fsp3) is 0.368. The van der Waals surface area contributed by atoms with Gasteiger partial charge in [-0.2, -0.15) is 36.3 Å². The van der Waals surface area contributed by atoms with E-state index in [-0.39, 0.29) is 37.2 Å². The number of carbonyl (C=O) groups excluding carboxylic acids is 2. The second-order valence-corrected chi connectivity index (χ2v) is 12.3. The number of alkyl halides is 6. The van der Waals surface area contributed by atoms with E-state index in [1.165, 1.54) is 23.4 Å². The molecule has 2 amide bonds. The van der Waals surface area contributed by atoms with Gasteiger partial charge in [0.25, 0.3) is 5.91 Å². The van der Waals surface area contributed by atoms with E-state index in [1.54, 1.807) is 44.2 Å². The Bertz CT molecular complexity index is 1860. The van der Waals surface area contributed by atoms with E-state index < -0.39 is 42.6 Å². The molecular weight excluding hydrogens is 704 g/mol. The molecule has 1 aliphatic heterocycles. The lowest BCUT2D eigenvalue weighted by Crippen LogP contribution is -2.37. The van der Waals surface area contributed by atoms with Crippen LogP contribution in [0.15, 0.2) is 73.1 Å². The van der Waals surface area contributed by atoms with Crippen LogP contribution in [0.2, 0.25) is 0 Å². The molecule has 9 nitrogen and oxygen atoms in total. The van der Waals surface area contributed by atoms with Crippen LogP contribution < -0.4 is 19.7 Å². The van der Waals surface area contributed by atoms with Crippen LogP contribution in [0.4, 0.5) is 37.7 Å². The van der Waals surface area contributed by atoms with Crippen molar-refractivity contribution in [1.29, 1.82) is 0 Å². The minimum atomic E-state index is -4.51. The molecule has 0 fully saturated rings. The highest BCUT2D eigenvalue weighted by Gasteiger charge is 2.33. The van der Waals surface area contributed by atoms with Crippen LogP contribution in [0.3, 0.4) is 0 Å². The van der Waals surface area contributed by atoms with Gasteiger partial charge in [0.1, 0.15) is 6.33 Å². The van der Waals surface area contributed by atoms with E-state index in [2.05, 4.69) is 20.2 Å². The molecule has 282 valence electrons. The molecule has 0 bridgehead atoms. The number of hydrogen-bond donors (Lipinski definition) is 1. The van der Waals surface area contributed by atoms with Crippen molar-refractivity contribution in [2.24, 2.45) is 0 Å². The van der Waals surface area contributed by atoms with Gasteiger partial charge >= 0.3 is 12.4 Å². The normalized spacial score (nSPS) is 13.3. The first-order chi connectivity index (χ1) is 25.3. The SMILES string of the molecule is CCOc1ncnc(OCC)c1N(CCCN1CCc2cc(NC(=O)c3ccccc3-c3ccc(C(F)(F)F)cc3)ccc2C1)C(=O)CCC(F)(F)F. The van der Waals surface area contributed by atoms with E-state index in [0.29, 0.717) is 54.9 Å². The van der Waals surface area contributed by atoms with Crippen molar-refractivity contribution in [1.82, 2.24) is 14.9 Å². The highest BCUT2D eigenvalue weighted by Crippen LogP contribution is 2.36. The van der Waals surface area contributed by atoms with Gasteiger partial charge in [0.2, 0.25) is 17.7 Å². The Balaban J connectivity index is 1.24. The molecule has 0 unspecified atom stereocenters. The molecule has 0 saturated carbocycles. The molecule has 2 heterocycles. The van der Waals surface area contributed by atoms with Gasteiger partial charge in [-0.3, -0.25) is 14.5 Å². The standard InChI is InChI=1S/C38H39F6N5O4/c1-3-52-35-33(36(53-4-2)46-24-45-35)49(32(50)16-18-37(39,40)41)20-7-19-48-21-17-26-22-29(15-12-27(26)23-48)47-34(51)31-9-6-5-8-30(31)25-10-13-28(14-11-25)38(42,43)44/h5-6,8-15,22,24H,3-4,7,16-21,23H2,1-2H3,(H,47,51). The third kappa shape index (κ3) is 10.2. The van der Waals surface area contributed by atoms with Gasteiger partial charge in [0, 0.05) is 43.9 Å². The zero-order valence-corrected chi connectivity index (χ0v) is 29.2. The van der Waals surface area contributed by atoms with Gasteiger partial charge in [-0.25, -0.2) is 0 Å². The zero-order chi connectivity index (χ0) is 38.2. The molecule has 1 aliphatic rings. The maximum atomic E-state index is 13.4. The van der Waals surface area contributed by atoms with Crippen molar-refractivity contribution in [2.75, 3.05) is 43.1 Å². The summed E-state index contributed by atoms with van der Waals surface area (Å²) in [6.45, 7) is 5.69. The minimum Gasteiger partial charge on any atom is -0.476 e. The lowest BCUT2D eigenvalue weighted by atomic mass is 9.97. The fourth-order valence-corrected chi connectivity index (χ4v) is 6.11. The Labute approximate surface area is 302 Å². The van der Waals surface area contributed by atoms with E-state index in [1.807, 2.05) is 12.1 Å². The molecular formula is C38H39F6N5O4. The summed E-state index contributed by atoms with van der Waals surface area (Å²) >= 11 is 0. The Morgan fingerprint density at radius 1 is 0.887 bits per heavy atom. The van der Waals surface area contributed by atoms with E-state index in [0.717, 1.165) is 23.3 Å². The Hall–Kier alpha value is -5.18.